The molecule has 1 aromatic heterocycles. The van der Waals surface area contributed by atoms with Gasteiger partial charge >= 0.3 is 5.97 Å². The van der Waals surface area contributed by atoms with Crippen LogP contribution in [-0.2, 0) is 4.79 Å². The summed E-state index contributed by atoms with van der Waals surface area (Å²) in [6, 6.07) is 2.28. The SMILES string of the molecule is NC(=O)c1cccnc1SN[C@@H](CS)C(=O)O. The zero-order valence-electron chi connectivity index (χ0n) is 8.66. The number of hydrogen-bond acceptors (Lipinski definition) is 6. The third kappa shape index (κ3) is 3.91. The highest BCUT2D eigenvalue weighted by Crippen LogP contribution is 2.17. The summed E-state index contributed by atoms with van der Waals surface area (Å²) >= 11 is 4.84. The van der Waals surface area contributed by atoms with Crippen molar-refractivity contribution in [2.45, 2.75) is 11.1 Å². The highest BCUT2D eigenvalue weighted by Gasteiger charge is 2.17. The summed E-state index contributed by atoms with van der Waals surface area (Å²) in [6.07, 6.45) is 1.49. The quantitative estimate of drug-likeness (QED) is 0.435. The molecular formula is C9H11N3O3S2. The van der Waals surface area contributed by atoms with Gasteiger partial charge in [-0.1, -0.05) is 0 Å². The molecule has 1 amide bonds. The molecule has 1 rings (SSSR count). The number of nitrogens with one attached hydrogen (secondary N) is 1. The number of aliphatic carboxylic acids is 1. The van der Waals surface area contributed by atoms with E-state index >= 15 is 0 Å². The van der Waals surface area contributed by atoms with Gasteiger partial charge < -0.3 is 10.8 Å². The van der Waals surface area contributed by atoms with Crippen molar-refractivity contribution in [2.75, 3.05) is 5.75 Å². The number of nitrogens with zero attached hydrogens (tertiary/aromatic N) is 1. The number of carboxylic acids is 1. The Kier molecular flexibility index (Phi) is 5.26. The van der Waals surface area contributed by atoms with Crippen LogP contribution in [0, 0.1) is 0 Å². The lowest BCUT2D eigenvalue weighted by molar-refractivity contribution is -0.138. The predicted octanol–water partition coefficient (Wildman–Crippen LogP) is 0.160. The number of hydrogen-bond donors (Lipinski definition) is 4. The lowest BCUT2D eigenvalue weighted by Gasteiger charge is -2.11. The average molecular weight is 273 g/mol. The highest BCUT2D eigenvalue weighted by molar-refractivity contribution is 7.97. The average Bonchev–Trinajstić information content (AvgIpc) is 2.29. The van der Waals surface area contributed by atoms with Crippen LogP contribution in [-0.4, -0.2) is 33.8 Å². The minimum atomic E-state index is -1.02. The van der Waals surface area contributed by atoms with Crippen LogP contribution in [0.4, 0.5) is 0 Å². The number of thiol groups is 1. The molecule has 0 aliphatic rings. The van der Waals surface area contributed by atoms with Crippen LogP contribution in [0.3, 0.4) is 0 Å². The Morgan fingerprint density at radius 1 is 1.65 bits per heavy atom. The maximum atomic E-state index is 11.1. The van der Waals surface area contributed by atoms with Gasteiger partial charge in [0.05, 0.1) is 5.56 Å². The van der Waals surface area contributed by atoms with Crippen molar-refractivity contribution in [3.63, 3.8) is 0 Å². The lowest BCUT2D eigenvalue weighted by Crippen LogP contribution is -2.34. The van der Waals surface area contributed by atoms with Crippen molar-refractivity contribution in [1.82, 2.24) is 9.71 Å². The molecule has 0 fully saturated rings. The molecule has 6 nitrogen and oxygen atoms in total. The van der Waals surface area contributed by atoms with Crippen LogP contribution >= 0.6 is 24.6 Å². The number of pyridine rings is 1. The van der Waals surface area contributed by atoms with Gasteiger partial charge in [0, 0.05) is 11.9 Å². The number of carbonyl (C=O) groups excluding carboxylic acids is 1. The first-order valence-electron chi connectivity index (χ1n) is 4.57. The summed E-state index contributed by atoms with van der Waals surface area (Å²) in [7, 11) is 0. The molecule has 0 aromatic carbocycles. The molecular weight excluding hydrogens is 262 g/mol. The van der Waals surface area contributed by atoms with Gasteiger partial charge in [0.1, 0.15) is 11.1 Å². The molecule has 0 saturated heterocycles. The van der Waals surface area contributed by atoms with E-state index in [-0.39, 0.29) is 11.3 Å². The molecule has 1 heterocycles. The molecule has 0 bridgehead atoms. The number of nitrogens with two attached hydrogens (primary N) is 1. The van der Waals surface area contributed by atoms with Gasteiger partial charge in [-0.3, -0.25) is 9.59 Å². The summed E-state index contributed by atoms with van der Waals surface area (Å²) in [4.78, 5) is 25.8. The second-order valence-corrected chi connectivity index (χ2v) is 4.21. The van der Waals surface area contributed by atoms with E-state index in [1.54, 1.807) is 6.07 Å². The number of carboxylic acid groups (broad SMARTS) is 1. The van der Waals surface area contributed by atoms with E-state index in [1.165, 1.54) is 12.3 Å². The first-order valence-corrected chi connectivity index (χ1v) is 6.02. The summed E-state index contributed by atoms with van der Waals surface area (Å²) in [5, 5.41) is 9.13. The molecule has 92 valence electrons. The van der Waals surface area contributed by atoms with Crippen LogP contribution in [0.5, 0.6) is 0 Å². The Morgan fingerprint density at radius 3 is 2.88 bits per heavy atom. The fourth-order valence-electron chi connectivity index (χ4n) is 0.952. The fourth-order valence-corrected chi connectivity index (χ4v) is 2.15. The van der Waals surface area contributed by atoms with Gasteiger partial charge in [-0.05, 0) is 24.1 Å². The largest absolute Gasteiger partial charge is 0.480 e. The van der Waals surface area contributed by atoms with Crippen molar-refractivity contribution < 1.29 is 14.7 Å². The maximum Gasteiger partial charge on any atom is 0.322 e. The van der Waals surface area contributed by atoms with Crippen LogP contribution in [0.15, 0.2) is 23.4 Å². The van der Waals surface area contributed by atoms with E-state index in [0.717, 1.165) is 11.9 Å². The highest BCUT2D eigenvalue weighted by atomic mass is 32.2. The van der Waals surface area contributed by atoms with Gasteiger partial charge in [0.2, 0.25) is 0 Å². The van der Waals surface area contributed by atoms with E-state index in [4.69, 9.17) is 10.8 Å². The van der Waals surface area contributed by atoms with Crippen LogP contribution in [0.1, 0.15) is 10.4 Å². The number of amides is 1. The van der Waals surface area contributed by atoms with Crippen LogP contribution < -0.4 is 10.5 Å². The molecule has 1 atom stereocenters. The molecule has 0 aliphatic heterocycles. The van der Waals surface area contributed by atoms with Crippen molar-refractivity contribution in [3.8, 4) is 0 Å². The first kappa shape index (κ1) is 13.8. The van der Waals surface area contributed by atoms with Gasteiger partial charge in [-0.25, -0.2) is 9.71 Å². The second-order valence-electron chi connectivity index (χ2n) is 3.01. The Hall–Kier alpha value is -1.25. The van der Waals surface area contributed by atoms with Gasteiger partial charge in [-0.2, -0.15) is 12.6 Å². The maximum absolute atomic E-state index is 11.1. The van der Waals surface area contributed by atoms with Crippen molar-refractivity contribution in [3.05, 3.63) is 23.9 Å². The number of rotatable bonds is 6. The van der Waals surface area contributed by atoms with E-state index in [0.29, 0.717) is 5.03 Å². The molecule has 0 radical (unpaired) electrons. The lowest BCUT2D eigenvalue weighted by atomic mass is 10.3. The molecule has 0 unspecified atom stereocenters. The standard InChI is InChI=1S/C9H11N3O3S2/c10-7(13)5-2-1-3-11-8(5)17-12-6(4-16)9(14)15/h1-3,6,12,16H,4H2,(H2,10,13)(H,14,15)/t6-/m0/s1. The minimum Gasteiger partial charge on any atom is -0.480 e. The Bertz CT molecular complexity index is 428. The first-order chi connectivity index (χ1) is 8.06. The minimum absolute atomic E-state index is 0.126. The normalized spacial score (nSPS) is 12.1. The molecule has 0 spiro atoms. The number of carbonyl (C=O) groups is 2. The predicted molar refractivity (Wildman–Crippen MR) is 67.0 cm³/mol. The monoisotopic (exact) mass is 273 g/mol. The topological polar surface area (TPSA) is 105 Å². The molecule has 0 saturated carbocycles. The molecule has 17 heavy (non-hydrogen) atoms. The fraction of sp³-hybridized carbons (Fsp3) is 0.222. The van der Waals surface area contributed by atoms with Crippen molar-refractivity contribution >= 4 is 36.5 Å². The Labute approximate surface area is 108 Å². The van der Waals surface area contributed by atoms with Crippen LogP contribution in [0.25, 0.3) is 0 Å². The van der Waals surface area contributed by atoms with E-state index < -0.39 is 17.9 Å². The number of primary amides is 1. The third-order valence-electron chi connectivity index (χ3n) is 1.82. The van der Waals surface area contributed by atoms with Gasteiger partial charge in [0.15, 0.2) is 0 Å². The Morgan fingerprint density at radius 2 is 2.35 bits per heavy atom. The molecule has 0 aliphatic carbocycles. The zero-order valence-corrected chi connectivity index (χ0v) is 10.4. The smallest absolute Gasteiger partial charge is 0.322 e. The summed E-state index contributed by atoms with van der Waals surface area (Å²) in [5.74, 6) is -1.51. The number of aromatic nitrogens is 1. The third-order valence-corrected chi connectivity index (χ3v) is 3.10. The zero-order chi connectivity index (χ0) is 12.8. The molecule has 8 heteroatoms. The summed E-state index contributed by atoms with van der Waals surface area (Å²) in [5.41, 5.74) is 5.41. The second kappa shape index (κ2) is 6.48. The van der Waals surface area contributed by atoms with Gasteiger partial charge in [0.25, 0.3) is 5.91 Å². The van der Waals surface area contributed by atoms with Crippen LogP contribution in [0.2, 0.25) is 0 Å². The van der Waals surface area contributed by atoms with Crippen molar-refractivity contribution in [2.24, 2.45) is 5.73 Å². The molecule has 4 N–H and O–H groups in total. The van der Waals surface area contributed by atoms with E-state index in [2.05, 4.69) is 22.3 Å². The van der Waals surface area contributed by atoms with Crippen molar-refractivity contribution in [1.29, 1.82) is 0 Å². The van der Waals surface area contributed by atoms with E-state index in [9.17, 15) is 9.59 Å². The summed E-state index contributed by atoms with van der Waals surface area (Å²) < 4.78 is 2.65. The Balaban J connectivity index is 2.75. The van der Waals surface area contributed by atoms with E-state index in [1.807, 2.05) is 0 Å². The van der Waals surface area contributed by atoms with Gasteiger partial charge in [-0.15, -0.1) is 0 Å². The summed E-state index contributed by atoms with van der Waals surface area (Å²) in [6.45, 7) is 0. The molecule has 1 aromatic rings.